The highest BCUT2D eigenvalue weighted by atomic mass is 35.5. The quantitative estimate of drug-likeness (QED) is 0.858. The van der Waals surface area contributed by atoms with Gasteiger partial charge in [-0.3, -0.25) is 9.78 Å². The van der Waals surface area contributed by atoms with E-state index < -0.39 is 0 Å². The van der Waals surface area contributed by atoms with Crippen molar-refractivity contribution in [3.8, 4) is 0 Å². The minimum atomic E-state index is -0.116. The van der Waals surface area contributed by atoms with E-state index >= 15 is 0 Å². The summed E-state index contributed by atoms with van der Waals surface area (Å²) in [4.78, 5) is 19.1. The molecule has 4 nitrogen and oxygen atoms in total. The maximum absolute atomic E-state index is 13.0. The molecule has 1 aromatic carbocycles. The fraction of sp³-hybridized carbons (Fsp3) is 0.333. The van der Waals surface area contributed by atoms with Crippen LogP contribution in [0.1, 0.15) is 19.0 Å². The fourth-order valence-electron chi connectivity index (χ4n) is 2.83. The van der Waals surface area contributed by atoms with Gasteiger partial charge in [-0.25, -0.2) is 0 Å². The molecule has 23 heavy (non-hydrogen) atoms. The number of anilines is 1. The number of aromatic nitrogens is 1. The number of nitrogens with zero attached hydrogens (tertiary/aromatic N) is 2. The van der Waals surface area contributed by atoms with Crippen LogP contribution in [0.4, 0.5) is 5.69 Å². The van der Waals surface area contributed by atoms with Crippen molar-refractivity contribution in [3.63, 3.8) is 0 Å². The molecule has 0 spiro atoms. The first-order valence-corrected chi connectivity index (χ1v) is 8.11. The number of carbonyl (C=O) groups is 1. The molecule has 2 atom stereocenters. The Morgan fingerprint density at radius 1 is 1.30 bits per heavy atom. The lowest BCUT2D eigenvalue weighted by Gasteiger charge is -2.26. The van der Waals surface area contributed by atoms with Gasteiger partial charge in [0.15, 0.2) is 0 Å². The van der Waals surface area contributed by atoms with Crippen LogP contribution in [0.15, 0.2) is 48.7 Å². The van der Waals surface area contributed by atoms with Gasteiger partial charge < -0.3 is 9.64 Å². The van der Waals surface area contributed by atoms with Gasteiger partial charge in [0.2, 0.25) is 5.91 Å². The van der Waals surface area contributed by atoms with Crippen molar-refractivity contribution in [3.05, 3.63) is 59.4 Å². The summed E-state index contributed by atoms with van der Waals surface area (Å²) in [5.41, 5.74) is 1.67. The third kappa shape index (κ3) is 3.71. The van der Waals surface area contributed by atoms with E-state index in [-0.39, 0.29) is 17.9 Å². The Labute approximate surface area is 141 Å². The zero-order valence-electron chi connectivity index (χ0n) is 13.0. The summed E-state index contributed by atoms with van der Waals surface area (Å²) in [6.45, 7) is 3.02. The molecule has 0 bridgehead atoms. The molecule has 0 N–H and O–H groups in total. The highest BCUT2D eigenvalue weighted by Crippen LogP contribution is 2.27. The Morgan fingerprint density at radius 2 is 2.09 bits per heavy atom. The van der Waals surface area contributed by atoms with Crippen molar-refractivity contribution in [2.75, 3.05) is 11.5 Å². The average molecular weight is 331 g/mol. The van der Waals surface area contributed by atoms with Crippen molar-refractivity contribution in [1.82, 2.24) is 4.98 Å². The zero-order valence-corrected chi connectivity index (χ0v) is 13.7. The largest absolute Gasteiger partial charge is 0.378 e. The molecule has 0 radical (unpaired) electrons. The van der Waals surface area contributed by atoms with Crippen LogP contribution < -0.4 is 4.90 Å². The third-order valence-electron chi connectivity index (χ3n) is 4.14. The fourth-order valence-corrected chi connectivity index (χ4v) is 2.95. The van der Waals surface area contributed by atoms with Gasteiger partial charge in [0, 0.05) is 23.5 Å². The molecular weight excluding hydrogens is 312 g/mol. The Bertz CT molecular complexity index is 660. The third-order valence-corrected chi connectivity index (χ3v) is 4.40. The lowest BCUT2D eigenvalue weighted by atomic mass is 10.0. The number of ether oxygens (including phenoxy) is 1. The first-order chi connectivity index (χ1) is 11.1. The van der Waals surface area contributed by atoms with Crippen LogP contribution in [-0.4, -0.2) is 23.6 Å². The van der Waals surface area contributed by atoms with E-state index in [1.807, 2.05) is 37.3 Å². The van der Waals surface area contributed by atoms with Gasteiger partial charge in [-0.1, -0.05) is 17.7 Å². The Balaban J connectivity index is 1.89. The zero-order chi connectivity index (χ0) is 16.2. The summed E-state index contributed by atoms with van der Waals surface area (Å²) >= 11 is 5.97. The SMILES string of the molecule is CC1OCCC1C(=O)N(Cc1ccccn1)c1ccc(Cl)cc1. The summed E-state index contributed by atoms with van der Waals surface area (Å²) in [7, 11) is 0. The van der Waals surface area contributed by atoms with Gasteiger partial charge in [-0.15, -0.1) is 0 Å². The number of carbonyl (C=O) groups excluding carboxylic acids is 1. The van der Waals surface area contributed by atoms with Gasteiger partial charge in [0.05, 0.1) is 24.3 Å². The van der Waals surface area contributed by atoms with Crippen LogP contribution in [0.5, 0.6) is 0 Å². The minimum absolute atomic E-state index is 0.0546. The van der Waals surface area contributed by atoms with Gasteiger partial charge in [-0.2, -0.15) is 0 Å². The normalized spacial score (nSPS) is 20.4. The topological polar surface area (TPSA) is 42.4 Å². The molecule has 1 amide bonds. The van der Waals surface area contributed by atoms with E-state index in [9.17, 15) is 4.79 Å². The van der Waals surface area contributed by atoms with E-state index in [0.717, 1.165) is 17.8 Å². The van der Waals surface area contributed by atoms with E-state index in [0.29, 0.717) is 18.2 Å². The summed E-state index contributed by atoms with van der Waals surface area (Å²) in [6, 6.07) is 13.0. The number of halogens is 1. The molecule has 120 valence electrons. The number of rotatable bonds is 4. The molecule has 2 heterocycles. The maximum Gasteiger partial charge on any atom is 0.233 e. The Hall–Kier alpha value is -1.91. The van der Waals surface area contributed by atoms with E-state index in [1.54, 1.807) is 23.2 Å². The van der Waals surface area contributed by atoms with Gasteiger partial charge in [0.1, 0.15) is 0 Å². The number of pyridine rings is 1. The number of hydrogen-bond acceptors (Lipinski definition) is 3. The van der Waals surface area contributed by atoms with Crippen LogP contribution in [0.25, 0.3) is 0 Å². The van der Waals surface area contributed by atoms with Crippen molar-refractivity contribution in [2.24, 2.45) is 5.92 Å². The highest BCUT2D eigenvalue weighted by molar-refractivity contribution is 6.30. The van der Waals surface area contributed by atoms with Crippen molar-refractivity contribution in [1.29, 1.82) is 0 Å². The minimum Gasteiger partial charge on any atom is -0.378 e. The molecule has 1 aromatic heterocycles. The number of amides is 1. The molecule has 3 rings (SSSR count). The van der Waals surface area contributed by atoms with Crippen molar-refractivity contribution >= 4 is 23.2 Å². The van der Waals surface area contributed by atoms with E-state index in [1.165, 1.54) is 0 Å². The Kier molecular flexibility index (Phi) is 4.94. The lowest BCUT2D eigenvalue weighted by Crippen LogP contribution is -2.38. The summed E-state index contributed by atoms with van der Waals surface area (Å²) in [5, 5.41) is 0.650. The smallest absolute Gasteiger partial charge is 0.233 e. The highest BCUT2D eigenvalue weighted by Gasteiger charge is 2.34. The second-order valence-electron chi connectivity index (χ2n) is 5.69. The van der Waals surface area contributed by atoms with Crippen LogP contribution >= 0.6 is 11.6 Å². The van der Waals surface area contributed by atoms with Crippen LogP contribution in [0.3, 0.4) is 0 Å². The summed E-state index contributed by atoms with van der Waals surface area (Å²) < 4.78 is 5.56. The molecule has 1 saturated heterocycles. The second kappa shape index (κ2) is 7.11. The van der Waals surface area contributed by atoms with E-state index in [2.05, 4.69) is 4.98 Å². The predicted molar refractivity (Wildman–Crippen MR) is 90.4 cm³/mol. The molecule has 1 aliphatic heterocycles. The molecule has 1 aliphatic rings. The monoisotopic (exact) mass is 330 g/mol. The van der Waals surface area contributed by atoms with Crippen molar-refractivity contribution in [2.45, 2.75) is 26.0 Å². The van der Waals surface area contributed by atoms with Crippen LogP contribution in [0, 0.1) is 5.92 Å². The molecule has 5 heteroatoms. The Morgan fingerprint density at radius 3 is 2.70 bits per heavy atom. The average Bonchev–Trinajstić information content (AvgIpc) is 3.00. The van der Waals surface area contributed by atoms with Crippen LogP contribution in [-0.2, 0) is 16.1 Å². The molecule has 0 saturated carbocycles. The first-order valence-electron chi connectivity index (χ1n) is 7.73. The van der Waals surface area contributed by atoms with Gasteiger partial charge >= 0.3 is 0 Å². The lowest BCUT2D eigenvalue weighted by molar-refractivity contribution is -0.123. The van der Waals surface area contributed by atoms with Gasteiger partial charge in [-0.05, 0) is 49.7 Å². The second-order valence-corrected chi connectivity index (χ2v) is 6.13. The van der Waals surface area contributed by atoms with Crippen LogP contribution in [0.2, 0.25) is 5.02 Å². The molecule has 0 aliphatic carbocycles. The maximum atomic E-state index is 13.0. The van der Waals surface area contributed by atoms with E-state index in [4.69, 9.17) is 16.3 Å². The van der Waals surface area contributed by atoms with Gasteiger partial charge in [0.25, 0.3) is 0 Å². The number of benzene rings is 1. The standard InChI is InChI=1S/C18H19ClN2O2/c1-13-17(9-11-23-13)18(22)21(12-15-4-2-3-10-20-15)16-7-5-14(19)6-8-16/h2-8,10,13,17H,9,11-12H2,1H3. The first kappa shape index (κ1) is 16.0. The summed E-state index contributed by atoms with van der Waals surface area (Å²) in [6.07, 6.45) is 2.44. The molecular formula is C18H19ClN2O2. The molecule has 2 unspecified atom stereocenters. The predicted octanol–water partition coefficient (Wildman–Crippen LogP) is 3.69. The molecule has 2 aromatic rings. The summed E-state index contributed by atoms with van der Waals surface area (Å²) in [5.74, 6) is -0.0441. The van der Waals surface area contributed by atoms with Crippen molar-refractivity contribution < 1.29 is 9.53 Å². The number of hydrogen-bond donors (Lipinski definition) is 0. The molecule has 1 fully saturated rings.